The van der Waals surface area contributed by atoms with Crippen molar-refractivity contribution in [2.75, 3.05) is 0 Å². The van der Waals surface area contributed by atoms with Crippen LogP contribution in [0.2, 0.25) is 0 Å². The second-order valence-corrected chi connectivity index (χ2v) is 6.83. The third-order valence-electron chi connectivity index (χ3n) is 1.74. The predicted octanol–water partition coefficient (Wildman–Crippen LogP) is -1.65. The lowest BCUT2D eigenvalue weighted by Gasteiger charge is -2.33. The van der Waals surface area contributed by atoms with Gasteiger partial charge in [0.1, 0.15) is 0 Å². The minimum atomic E-state index is -5.59. The minimum Gasteiger partial charge on any atom is -0.366 e. The van der Waals surface area contributed by atoms with E-state index in [1.165, 1.54) is 0 Å². The largest absolute Gasteiger partial charge is 0.371 e. The summed E-state index contributed by atoms with van der Waals surface area (Å²) in [7, 11) is -11.2. The first-order chi connectivity index (χ1) is 6.35. The van der Waals surface area contributed by atoms with Crippen LogP contribution in [0.4, 0.5) is 0 Å². The number of hydrogen-bond donors (Lipinski definition) is 7. The molecule has 0 spiro atoms. The average molecular weight is 262 g/mol. The maximum absolute atomic E-state index is 10.8. The molecule has 0 bridgehead atoms. The fraction of sp³-hybridized carbons (Fsp3) is 0.750. The van der Waals surface area contributed by atoms with Crippen LogP contribution in [0, 0.1) is 5.41 Å². The van der Waals surface area contributed by atoms with E-state index in [1.807, 2.05) is 0 Å². The zero-order chi connectivity index (χ0) is 12.7. The summed E-state index contributed by atoms with van der Waals surface area (Å²) in [5, 5.41) is 12.5. The Balaban J connectivity index is 5.76. The maximum Gasteiger partial charge on any atom is 0.371 e. The lowest BCUT2D eigenvalue weighted by atomic mass is 10.2. The lowest BCUT2D eigenvalue weighted by molar-refractivity contribution is 0.124. The molecule has 0 saturated heterocycles. The molecule has 11 heteroatoms. The van der Waals surface area contributed by atoms with Gasteiger partial charge in [-0.25, -0.2) is 0 Å². The monoisotopic (exact) mass is 262 g/mol. The Morgan fingerprint density at radius 1 is 1.27 bits per heavy atom. The molecule has 0 aromatic carbocycles. The molecule has 0 aromatic rings. The Morgan fingerprint density at radius 2 is 1.53 bits per heavy atom. The molecule has 9 nitrogen and oxygen atoms in total. The summed E-state index contributed by atoms with van der Waals surface area (Å²) in [5.74, 6) is 0. The molecule has 0 fully saturated rings. The fourth-order valence-electron chi connectivity index (χ4n) is 0.823. The molecule has 0 rings (SSSR count). The van der Waals surface area contributed by atoms with Crippen molar-refractivity contribution >= 4 is 20.9 Å². The summed E-state index contributed by atoms with van der Waals surface area (Å²) in [5.41, 5.74) is 4.35. The van der Waals surface area contributed by atoms with Crippen molar-refractivity contribution in [3.8, 4) is 0 Å². The van der Waals surface area contributed by atoms with Crippen molar-refractivity contribution < 1.29 is 33.8 Å². The zero-order valence-corrected chi connectivity index (χ0v) is 9.39. The number of hydrogen-bond acceptors (Lipinski definition) is 5. The zero-order valence-electron chi connectivity index (χ0n) is 7.60. The van der Waals surface area contributed by atoms with Crippen molar-refractivity contribution in [3.63, 3.8) is 0 Å². The Kier molecular flexibility index (Phi) is 4.01. The van der Waals surface area contributed by atoms with Gasteiger partial charge in [-0.05, 0) is 6.92 Å². The molecular formula is C4H12N2O7P2. The molecule has 0 aliphatic rings. The number of rotatable bonds is 4. The molecule has 0 amide bonds. The van der Waals surface area contributed by atoms with Gasteiger partial charge in [0.15, 0.2) is 0 Å². The highest BCUT2D eigenvalue weighted by Crippen LogP contribution is 2.68. The summed E-state index contributed by atoms with van der Waals surface area (Å²) in [6, 6.07) is -2.15. The van der Waals surface area contributed by atoms with E-state index in [1.54, 1.807) is 0 Å². The van der Waals surface area contributed by atoms with Crippen LogP contribution >= 0.6 is 15.2 Å². The van der Waals surface area contributed by atoms with Crippen molar-refractivity contribution in [2.45, 2.75) is 18.0 Å². The van der Waals surface area contributed by atoms with E-state index in [2.05, 4.69) is 0 Å². The third-order valence-corrected chi connectivity index (χ3v) is 5.58. The fourth-order valence-corrected chi connectivity index (χ4v) is 3.29. The van der Waals surface area contributed by atoms with Crippen molar-refractivity contribution in [1.29, 1.82) is 5.41 Å². The molecule has 0 aromatic heterocycles. The van der Waals surface area contributed by atoms with Crippen molar-refractivity contribution in [3.05, 3.63) is 0 Å². The predicted molar refractivity (Wildman–Crippen MR) is 50.4 cm³/mol. The molecule has 1 atom stereocenters. The summed E-state index contributed by atoms with van der Waals surface area (Å²) in [6.45, 7) is 0.959. The van der Waals surface area contributed by atoms with Crippen LogP contribution in [0.1, 0.15) is 6.92 Å². The molecule has 0 radical (unpaired) electrons. The van der Waals surface area contributed by atoms with Gasteiger partial charge < -0.3 is 35.8 Å². The van der Waals surface area contributed by atoms with Gasteiger partial charge in [0.05, 0.1) is 6.04 Å². The molecule has 0 aliphatic heterocycles. The van der Waals surface area contributed by atoms with E-state index in [0.717, 1.165) is 6.92 Å². The molecule has 1 unspecified atom stereocenters. The Labute approximate surface area is 84.8 Å². The van der Waals surface area contributed by atoms with Crippen LogP contribution in [-0.4, -0.2) is 41.5 Å². The van der Waals surface area contributed by atoms with Gasteiger partial charge in [0, 0.05) is 5.71 Å². The van der Waals surface area contributed by atoms with Crippen molar-refractivity contribution in [1.82, 2.24) is 0 Å². The van der Waals surface area contributed by atoms with Crippen LogP contribution in [0.15, 0.2) is 0 Å². The highest BCUT2D eigenvalue weighted by Gasteiger charge is 2.64. The van der Waals surface area contributed by atoms with Gasteiger partial charge in [0.2, 0.25) is 0 Å². The van der Waals surface area contributed by atoms with Gasteiger partial charge in [-0.1, -0.05) is 0 Å². The third kappa shape index (κ3) is 2.52. The van der Waals surface area contributed by atoms with E-state index in [-0.39, 0.29) is 0 Å². The summed E-state index contributed by atoms with van der Waals surface area (Å²) in [4.78, 5) is 34.7. The molecule has 0 aliphatic carbocycles. The topological polar surface area (TPSA) is 185 Å². The normalized spacial score (nSPS) is 16.2. The number of aliphatic hydroxyl groups is 1. The van der Waals surface area contributed by atoms with Gasteiger partial charge in [0.25, 0.3) is 5.08 Å². The van der Waals surface area contributed by atoms with E-state index in [0.29, 0.717) is 0 Å². The quantitative estimate of drug-likeness (QED) is 0.232. The highest BCUT2D eigenvalue weighted by molar-refractivity contribution is 7.72. The van der Waals surface area contributed by atoms with Crippen LogP contribution in [-0.2, 0) is 9.13 Å². The molecule has 0 saturated carbocycles. The first kappa shape index (κ1) is 14.9. The lowest BCUT2D eigenvalue weighted by Crippen LogP contribution is -2.51. The number of nitrogens with one attached hydrogen (secondary N) is 1. The van der Waals surface area contributed by atoms with E-state index < -0.39 is 32.0 Å². The SMILES string of the molecule is CC(=N)C(N)C(O)(P(=O)(O)O)P(=O)(O)O. The van der Waals surface area contributed by atoms with Crippen LogP contribution in [0.3, 0.4) is 0 Å². The standard InChI is InChI=1S/C4H12N2O7P2/c1-2(5)3(6)4(7,14(8,9)10)15(11,12)13/h3,5,7H,6H2,1H3,(H2,8,9,10)(H2,11,12,13). The van der Waals surface area contributed by atoms with Crippen molar-refractivity contribution in [2.24, 2.45) is 5.73 Å². The molecule has 0 heterocycles. The second kappa shape index (κ2) is 4.04. The summed E-state index contributed by atoms with van der Waals surface area (Å²) < 4.78 is 21.6. The second-order valence-electron chi connectivity index (χ2n) is 2.94. The molecule has 15 heavy (non-hydrogen) atoms. The van der Waals surface area contributed by atoms with E-state index >= 15 is 0 Å². The van der Waals surface area contributed by atoms with Gasteiger partial charge >= 0.3 is 15.2 Å². The summed E-state index contributed by atoms with van der Waals surface area (Å²) >= 11 is 0. The van der Waals surface area contributed by atoms with Crippen LogP contribution in [0.5, 0.6) is 0 Å². The van der Waals surface area contributed by atoms with E-state index in [4.69, 9.17) is 30.7 Å². The first-order valence-corrected chi connectivity index (χ1v) is 6.72. The Morgan fingerprint density at radius 3 is 1.60 bits per heavy atom. The first-order valence-electron chi connectivity index (χ1n) is 3.50. The average Bonchev–Trinajstić information content (AvgIpc) is 1.96. The molecule has 90 valence electrons. The molecule has 8 N–H and O–H groups in total. The highest BCUT2D eigenvalue weighted by atomic mass is 31.2. The Hall–Kier alpha value is -0.110. The van der Waals surface area contributed by atoms with Gasteiger partial charge in [-0.2, -0.15) is 0 Å². The number of nitrogens with two attached hydrogens (primary N) is 1. The van der Waals surface area contributed by atoms with Crippen LogP contribution in [0.25, 0.3) is 0 Å². The minimum absolute atomic E-state index is 0.663. The van der Waals surface area contributed by atoms with Gasteiger partial charge in [-0.15, -0.1) is 0 Å². The molecular weight excluding hydrogens is 250 g/mol. The smallest absolute Gasteiger partial charge is 0.366 e. The van der Waals surface area contributed by atoms with Gasteiger partial charge in [-0.3, -0.25) is 9.13 Å². The van der Waals surface area contributed by atoms with E-state index in [9.17, 15) is 14.2 Å². The maximum atomic E-state index is 10.8. The summed E-state index contributed by atoms with van der Waals surface area (Å²) in [6.07, 6.45) is 0. The Bertz CT molecular complexity index is 334. The van der Waals surface area contributed by atoms with Crippen LogP contribution < -0.4 is 5.73 Å².